The number of methoxy groups -OCH3 is 2. The highest BCUT2D eigenvalue weighted by Crippen LogP contribution is 2.16. The maximum Gasteiger partial charge on any atom is 0.345 e. The third kappa shape index (κ3) is 3.95. The van der Waals surface area contributed by atoms with Crippen molar-refractivity contribution in [2.24, 2.45) is 0 Å². The van der Waals surface area contributed by atoms with Gasteiger partial charge in [-0.3, -0.25) is 0 Å². The van der Waals surface area contributed by atoms with Gasteiger partial charge in [0.25, 0.3) is 0 Å². The molecule has 1 aromatic rings. The molecule has 0 saturated carbocycles. The van der Waals surface area contributed by atoms with Crippen LogP contribution in [0.3, 0.4) is 0 Å². The second-order valence-corrected chi connectivity index (χ2v) is 4.36. The van der Waals surface area contributed by atoms with E-state index in [-0.39, 0.29) is 5.57 Å². The van der Waals surface area contributed by atoms with E-state index in [2.05, 4.69) is 23.3 Å². The molecule has 0 heterocycles. The van der Waals surface area contributed by atoms with Gasteiger partial charge in [-0.1, -0.05) is 38.1 Å². The molecule has 19 heavy (non-hydrogen) atoms. The molecule has 4 heteroatoms. The molecule has 0 aliphatic rings. The molecule has 0 unspecified atom stereocenters. The maximum atomic E-state index is 11.5. The predicted octanol–water partition coefficient (Wildman–Crippen LogP) is 2.54. The smallest absolute Gasteiger partial charge is 0.345 e. The Balaban J connectivity index is 3.08. The van der Waals surface area contributed by atoms with E-state index in [1.807, 2.05) is 24.3 Å². The minimum Gasteiger partial charge on any atom is -0.465 e. The summed E-state index contributed by atoms with van der Waals surface area (Å²) < 4.78 is 9.12. The Kier molecular flexibility index (Phi) is 5.30. The van der Waals surface area contributed by atoms with Gasteiger partial charge < -0.3 is 9.47 Å². The Labute approximate surface area is 113 Å². The van der Waals surface area contributed by atoms with Crippen molar-refractivity contribution in [2.45, 2.75) is 19.8 Å². The number of esters is 2. The van der Waals surface area contributed by atoms with E-state index in [1.165, 1.54) is 25.9 Å². The molecule has 0 aliphatic carbocycles. The van der Waals surface area contributed by atoms with E-state index < -0.39 is 11.9 Å². The van der Waals surface area contributed by atoms with Crippen molar-refractivity contribution in [2.75, 3.05) is 14.2 Å². The lowest BCUT2D eigenvalue weighted by Crippen LogP contribution is -2.15. The summed E-state index contributed by atoms with van der Waals surface area (Å²) in [5.41, 5.74) is 1.81. The molecule has 0 fully saturated rings. The molecule has 102 valence electrons. The van der Waals surface area contributed by atoms with E-state index in [0.717, 1.165) is 5.56 Å². The molecular weight excluding hydrogens is 244 g/mol. The second-order valence-electron chi connectivity index (χ2n) is 4.36. The van der Waals surface area contributed by atoms with Crippen LogP contribution in [-0.4, -0.2) is 26.2 Å². The van der Waals surface area contributed by atoms with Crippen molar-refractivity contribution in [1.29, 1.82) is 0 Å². The van der Waals surface area contributed by atoms with E-state index in [9.17, 15) is 9.59 Å². The summed E-state index contributed by atoms with van der Waals surface area (Å²) in [6, 6.07) is 7.62. The summed E-state index contributed by atoms with van der Waals surface area (Å²) in [5, 5.41) is 0. The average molecular weight is 262 g/mol. The van der Waals surface area contributed by atoms with Crippen LogP contribution in [0.15, 0.2) is 29.8 Å². The van der Waals surface area contributed by atoms with Crippen molar-refractivity contribution < 1.29 is 19.1 Å². The summed E-state index contributed by atoms with van der Waals surface area (Å²) in [4.78, 5) is 23.0. The van der Waals surface area contributed by atoms with Crippen molar-refractivity contribution in [3.8, 4) is 0 Å². The zero-order valence-electron chi connectivity index (χ0n) is 11.6. The molecule has 0 aromatic heterocycles. The Bertz CT molecular complexity index is 465. The first-order chi connectivity index (χ1) is 8.99. The van der Waals surface area contributed by atoms with Gasteiger partial charge in [0.15, 0.2) is 0 Å². The molecule has 0 saturated heterocycles. The second kappa shape index (κ2) is 6.73. The van der Waals surface area contributed by atoms with Gasteiger partial charge in [0, 0.05) is 0 Å². The number of hydrogen-bond acceptors (Lipinski definition) is 4. The number of benzene rings is 1. The van der Waals surface area contributed by atoms with E-state index in [0.29, 0.717) is 5.92 Å². The van der Waals surface area contributed by atoms with E-state index in [1.54, 1.807) is 0 Å². The number of rotatable bonds is 4. The summed E-state index contributed by atoms with van der Waals surface area (Å²) in [6.45, 7) is 4.19. The summed E-state index contributed by atoms with van der Waals surface area (Å²) in [7, 11) is 2.45. The zero-order valence-corrected chi connectivity index (χ0v) is 11.6. The van der Waals surface area contributed by atoms with Crippen LogP contribution in [0.25, 0.3) is 6.08 Å². The number of ether oxygens (including phenoxy) is 2. The SMILES string of the molecule is COC(=O)C(=Cc1ccc(C(C)C)cc1)C(=O)OC. The third-order valence-electron chi connectivity index (χ3n) is 2.72. The molecule has 0 atom stereocenters. The van der Waals surface area contributed by atoms with Crippen LogP contribution < -0.4 is 0 Å². The van der Waals surface area contributed by atoms with Crippen molar-refractivity contribution in [3.05, 3.63) is 41.0 Å². The van der Waals surface area contributed by atoms with Crippen LogP contribution in [0.2, 0.25) is 0 Å². The molecule has 0 N–H and O–H groups in total. The van der Waals surface area contributed by atoms with Gasteiger partial charge in [0.2, 0.25) is 0 Å². The van der Waals surface area contributed by atoms with E-state index in [4.69, 9.17) is 0 Å². The van der Waals surface area contributed by atoms with Gasteiger partial charge in [0.1, 0.15) is 5.57 Å². The number of hydrogen-bond donors (Lipinski definition) is 0. The molecule has 0 aliphatic heterocycles. The fourth-order valence-corrected chi connectivity index (χ4v) is 1.56. The lowest BCUT2D eigenvalue weighted by atomic mass is 10.0. The first kappa shape index (κ1) is 15.0. The molecule has 0 amide bonds. The molecule has 1 rings (SSSR count). The Morgan fingerprint density at radius 3 is 1.84 bits per heavy atom. The van der Waals surface area contributed by atoms with Crippen LogP contribution in [0.5, 0.6) is 0 Å². The number of carbonyl (C=O) groups excluding carboxylic acids is 2. The highest BCUT2D eigenvalue weighted by molar-refractivity contribution is 6.17. The molecule has 0 bridgehead atoms. The quantitative estimate of drug-likeness (QED) is 0.362. The van der Waals surface area contributed by atoms with Crippen LogP contribution >= 0.6 is 0 Å². The average Bonchev–Trinajstić information content (AvgIpc) is 2.43. The highest BCUT2D eigenvalue weighted by Gasteiger charge is 2.19. The lowest BCUT2D eigenvalue weighted by Gasteiger charge is -2.06. The highest BCUT2D eigenvalue weighted by atomic mass is 16.5. The third-order valence-corrected chi connectivity index (χ3v) is 2.72. The molecule has 1 aromatic carbocycles. The summed E-state index contributed by atoms with van der Waals surface area (Å²) in [5.74, 6) is -0.988. The van der Waals surface area contributed by atoms with Crippen LogP contribution in [0, 0.1) is 0 Å². The fraction of sp³-hybridized carbons (Fsp3) is 0.333. The van der Waals surface area contributed by atoms with Crippen molar-refractivity contribution in [1.82, 2.24) is 0 Å². The summed E-state index contributed by atoms with van der Waals surface area (Å²) in [6.07, 6.45) is 1.46. The van der Waals surface area contributed by atoms with Crippen LogP contribution in [0.1, 0.15) is 30.9 Å². The monoisotopic (exact) mass is 262 g/mol. The Morgan fingerprint density at radius 2 is 1.47 bits per heavy atom. The largest absolute Gasteiger partial charge is 0.465 e. The lowest BCUT2D eigenvalue weighted by molar-refractivity contribution is -0.143. The Morgan fingerprint density at radius 1 is 1.00 bits per heavy atom. The predicted molar refractivity (Wildman–Crippen MR) is 72.5 cm³/mol. The Hall–Kier alpha value is -2.10. The molecule has 0 radical (unpaired) electrons. The van der Waals surface area contributed by atoms with Crippen molar-refractivity contribution >= 4 is 18.0 Å². The van der Waals surface area contributed by atoms with E-state index >= 15 is 0 Å². The van der Waals surface area contributed by atoms with Gasteiger partial charge in [0.05, 0.1) is 14.2 Å². The van der Waals surface area contributed by atoms with Crippen molar-refractivity contribution in [3.63, 3.8) is 0 Å². The van der Waals surface area contributed by atoms with Gasteiger partial charge in [-0.05, 0) is 23.1 Å². The minimum atomic E-state index is -0.709. The summed E-state index contributed by atoms with van der Waals surface area (Å²) >= 11 is 0. The number of carbonyl (C=O) groups is 2. The van der Waals surface area contributed by atoms with Gasteiger partial charge in [-0.2, -0.15) is 0 Å². The van der Waals surface area contributed by atoms with Crippen LogP contribution in [-0.2, 0) is 19.1 Å². The minimum absolute atomic E-state index is 0.123. The normalized spacial score (nSPS) is 9.95. The standard InChI is InChI=1S/C15H18O4/c1-10(2)12-7-5-11(6-8-12)9-13(14(16)18-3)15(17)19-4/h5-10H,1-4H3. The zero-order chi connectivity index (χ0) is 14.4. The van der Waals surface area contributed by atoms with Gasteiger partial charge in [-0.25, -0.2) is 9.59 Å². The van der Waals surface area contributed by atoms with Gasteiger partial charge in [-0.15, -0.1) is 0 Å². The van der Waals surface area contributed by atoms with Crippen LogP contribution in [0.4, 0.5) is 0 Å². The maximum absolute atomic E-state index is 11.5. The first-order valence-corrected chi connectivity index (χ1v) is 5.98. The molecule has 4 nitrogen and oxygen atoms in total. The van der Waals surface area contributed by atoms with Gasteiger partial charge >= 0.3 is 11.9 Å². The fourth-order valence-electron chi connectivity index (χ4n) is 1.56. The topological polar surface area (TPSA) is 52.6 Å². The molecule has 0 spiro atoms. The first-order valence-electron chi connectivity index (χ1n) is 5.98. The molecular formula is C15H18O4.